The van der Waals surface area contributed by atoms with Gasteiger partial charge in [-0.25, -0.2) is 0 Å². The minimum absolute atomic E-state index is 0.385. The smallest absolute Gasteiger partial charge is 0.418 e. The van der Waals surface area contributed by atoms with Crippen molar-refractivity contribution in [2.45, 2.75) is 36.9 Å². The molecule has 18 heavy (non-hydrogen) atoms. The lowest BCUT2D eigenvalue weighted by molar-refractivity contribution is -0.397. The normalized spacial score (nSPS) is 15.0. The zero-order valence-corrected chi connectivity index (χ0v) is 9.72. The van der Waals surface area contributed by atoms with E-state index in [2.05, 4.69) is 4.43 Å². The van der Waals surface area contributed by atoms with Crippen molar-refractivity contribution in [2.75, 3.05) is 6.61 Å². The Kier molecular flexibility index (Phi) is 5.14. The highest BCUT2D eigenvalue weighted by atomic mass is 28.2. The maximum Gasteiger partial charge on any atom is 0.460 e. The molecule has 0 atom stereocenters. The summed E-state index contributed by atoms with van der Waals surface area (Å²) in [6.07, 6.45) is -8.71. The van der Waals surface area contributed by atoms with Crippen LogP contribution >= 0.6 is 0 Å². The molecule has 0 saturated carbocycles. The fourth-order valence-electron chi connectivity index (χ4n) is 0.846. The van der Waals surface area contributed by atoms with Gasteiger partial charge in [-0.15, -0.1) is 0 Å². The number of rotatable bonds is 6. The van der Waals surface area contributed by atoms with Crippen molar-refractivity contribution in [3.63, 3.8) is 0 Å². The Bertz CT molecular complexity index is 275. The van der Waals surface area contributed by atoms with Crippen LogP contribution in [-0.2, 0) is 4.43 Å². The molecule has 2 radical (unpaired) electrons. The maximum atomic E-state index is 12.7. The van der Waals surface area contributed by atoms with E-state index in [9.17, 15) is 39.5 Å². The summed E-state index contributed by atoms with van der Waals surface area (Å²) < 4.78 is 115. The molecule has 0 aromatic rings. The van der Waals surface area contributed by atoms with E-state index in [1.807, 2.05) is 0 Å². The van der Waals surface area contributed by atoms with Crippen LogP contribution in [0, 0.1) is 0 Å². The molecule has 0 spiro atoms. The first-order valence-electron chi connectivity index (χ1n) is 4.30. The van der Waals surface area contributed by atoms with Crippen molar-refractivity contribution in [1.82, 2.24) is 0 Å². The van der Waals surface area contributed by atoms with Crippen molar-refractivity contribution in [2.24, 2.45) is 0 Å². The maximum absolute atomic E-state index is 12.7. The van der Waals surface area contributed by atoms with Gasteiger partial charge in [-0.3, -0.25) is 0 Å². The summed E-state index contributed by atoms with van der Waals surface area (Å²) in [5.74, 6) is -18.9. The predicted octanol–water partition coefficient (Wildman–Crippen LogP) is 3.53. The topological polar surface area (TPSA) is 9.23 Å². The summed E-state index contributed by atoms with van der Waals surface area (Å²) in [5.41, 5.74) is 0. The first-order valence-corrected chi connectivity index (χ1v) is 5.71. The van der Waals surface area contributed by atoms with E-state index in [0.29, 0.717) is 0 Å². The van der Waals surface area contributed by atoms with Gasteiger partial charge in [-0.05, 0) is 6.55 Å². The predicted molar refractivity (Wildman–Crippen MR) is 43.1 cm³/mol. The molecular weight excluding hydrogens is 299 g/mol. The van der Waals surface area contributed by atoms with Crippen LogP contribution in [0.3, 0.4) is 0 Å². The molecule has 108 valence electrons. The van der Waals surface area contributed by atoms with E-state index < -0.39 is 37.0 Å². The summed E-state index contributed by atoms with van der Waals surface area (Å²) >= 11 is 0. The van der Waals surface area contributed by atoms with E-state index >= 15 is 0 Å². The van der Waals surface area contributed by atoms with Crippen molar-refractivity contribution in [3.05, 3.63) is 0 Å². The Morgan fingerprint density at radius 1 is 0.833 bits per heavy atom. The summed E-state index contributed by atoms with van der Waals surface area (Å²) in [4.78, 5) is 0. The van der Waals surface area contributed by atoms with Crippen LogP contribution in [0.15, 0.2) is 0 Å². The Morgan fingerprint density at radius 3 is 1.61 bits per heavy atom. The summed E-state index contributed by atoms with van der Waals surface area (Å²) in [6.45, 7) is 0.284. The van der Waals surface area contributed by atoms with E-state index in [1.54, 1.807) is 0 Å². The standard InChI is InChI=1S/C7H7F9OSi/c1-18-17-3-2-4(8,9)5(10,11)6(12,13)7(14,15)16/h2-3H2,1H3. The Balaban J connectivity index is 5.11. The molecule has 0 aliphatic carbocycles. The molecule has 11 heteroatoms. The quantitative estimate of drug-likeness (QED) is 0.414. The van der Waals surface area contributed by atoms with Crippen LogP contribution in [0.5, 0.6) is 0 Å². The molecule has 0 bridgehead atoms. The largest absolute Gasteiger partial charge is 0.460 e. The van der Waals surface area contributed by atoms with Gasteiger partial charge in [0.05, 0.1) is 0 Å². The minimum atomic E-state index is -6.82. The van der Waals surface area contributed by atoms with Gasteiger partial charge in [0.25, 0.3) is 0 Å². The van der Waals surface area contributed by atoms with Crippen molar-refractivity contribution < 1.29 is 43.9 Å². The zero-order valence-electron chi connectivity index (χ0n) is 8.72. The Hall–Kier alpha value is -0.453. The molecular formula is C7H7F9OSi. The molecule has 0 aliphatic heterocycles. The van der Waals surface area contributed by atoms with E-state index in [-0.39, 0.29) is 9.76 Å². The van der Waals surface area contributed by atoms with Gasteiger partial charge < -0.3 is 4.43 Å². The fourth-order valence-corrected chi connectivity index (χ4v) is 1.15. The lowest BCUT2D eigenvalue weighted by Gasteiger charge is -2.33. The van der Waals surface area contributed by atoms with Crippen LogP contribution in [0.4, 0.5) is 39.5 Å². The van der Waals surface area contributed by atoms with Crippen molar-refractivity contribution in [1.29, 1.82) is 0 Å². The van der Waals surface area contributed by atoms with Crippen LogP contribution in [0.1, 0.15) is 6.42 Å². The molecule has 0 unspecified atom stereocenters. The molecule has 0 amide bonds. The number of alkyl halides is 9. The number of hydrogen-bond acceptors (Lipinski definition) is 1. The Labute approximate surface area is 98.2 Å². The highest BCUT2D eigenvalue weighted by Crippen LogP contribution is 2.53. The highest BCUT2D eigenvalue weighted by Gasteiger charge is 2.81. The van der Waals surface area contributed by atoms with Gasteiger partial charge in [0, 0.05) is 13.0 Å². The molecule has 0 aromatic carbocycles. The van der Waals surface area contributed by atoms with Crippen molar-refractivity contribution in [3.8, 4) is 0 Å². The molecule has 0 rings (SSSR count). The van der Waals surface area contributed by atoms with Gasteiger partial charge >= 0.3 is 23.9 Å². The molecule has 1 nitrogen and oxygen atoms in total. The van der Waals surface area contributed by atoms with Crippen LogP contribution in [0.25, 0.3) is 0 Å². The summed E-state index contributed by atoms with van der Waals surface area (Å²) in [7, 11) is -0.385. The third-order valence-corrected chi connectivity index (χ3v) is 2.36. The lowest BCUT2D eigenvalue weighted by Crippen LogP contribution is -2.61. The minimum Gasteiger partial charge on any atom is -0.418 e. The second kappa shape index (κ2) is 5.27. The third kappa shape index (κ3) is 3.11. The average molecular weight is 306 g/mol. The molecule has 0 N–H and O–H groups in total. The molecule has 0 saturated heterocycles. The summed E-state index contributed by atoms with van der Waals surface area (Å²) in [6, 6.07) is 0. The molecule has 0 heterocycles. The van der Waals surface area contributed by atoms with E-state index in [4.69, 9.17) is 0 Å². The SMILES string of the molecule is C[Si]OCCC(F)(F)C(F)(F)C(F)(F)C(F)(F)F. The first-order chi connectivity index (χ1) is 7.81. The van der Waals surface area contributed by atoms with Gasteiger partial charge in [0.2, 0.25) is 9.76 Å². The van der Waals surface area contributed by atoms with Crippen molar-refractivity contribution >= 4 is 9.76 Å². The number of halogens is 9. The van der Waals surface area contributed by atoms with Crippen LogP contribution < -0.4 is 0 Å². The van der Waals surface area contributed by atoms with Gasteiger partial charge in [-0.2, -0.15) is 39.5 Å². The average Bonchev–Trinajstić information content (AvgIpc) is 2.15. The zero-order chi connectivity index (χ0) is 14.8. The monoisotopic (exact) mass is 306 g/mol. The lowest BCUT2D eigenvalue weighted by atomic mass is 10.0. The highest BCUT2D eigenvalue weighted by molar-refractivity contribution is 6.24. The molecule has 0 aromatic heterocycles. The second-order valence-electron chi connectivity index (χ2n) is 3.15. The van der Waals surface area contributed by atoms with E-state index in [1.165, 1.54) is 6.55 Å². The van der Waals surface area contributed by atoms with Gasteiger partial charge in [-0.1, -0.05) is 0 Å². The molecule has 0 fully saturated rings. The Morgan fingerprint density at radius 2 is 1.28 bits per heavy atom. The molecule has 0 aliphatic rings. The fraction of sp³-hybridized carbons (Fsp3) is 1.00. The summed E-state index contributed by atoms with van der Waals surface area (Å²) in [5, 5.41) is 0. The van der Waals surface area contributed by atoms with Crippen LogP contribution in [0.2, 0.25) is 6.55 Å². The first kappa shape index (κ1) is 17.5. The third-order valence-electron chi connectivity index (χ3n) is 1.87. The van der Waals surface area contributed by atoms with Gasteiger partial charge in [0.15, 0.2) is 0 Å². The number of hydrogen-bond donors (Lipinski definition) is 0. The second-order valence-corrected chi connectivity index (χ2v) is 3.85. The van der Waals surface area contributed by atoms with Crippen LogP contribution in [-0.4, -0.2) is 40.3 Å². The van der Waals surface area contributed by atoms with Gasteiger partial charge in [0.1, 0.15) is 0 Å². The van der Waals surface area contributed by atoms with E-state index in [0.717, 1.165) is 0 Å².